The molecule has 1 aliphatic heterocycles. The Labute approximate surface area is 103 Å². The highest BCUT2D eigenvalue weighted by molar-refractivity contribution is 5.41. The topological polar surface area (TPSA) is 41.0 Å². The first-order chi connectivity index (χ1) is 8.35. The van der Waals surface area contributed by atoms with Crippen LogP contribution in [0.1, 0.15) is 32.4 Å². The van der Waals surface area contributed by atoms with Crippen molar-refractivity contribution in [2.24, 2.45) is 0 Å². The van der Waals surface area contributed by atoms with Gasteiger partial charge in [0, 0.05) is 30.9 Å². The maximum Gasteiger partial charge on any atom is 0.132 e. The Kier molecular flexibility index (Phi) is 4.31. The molecule has 94 valence electrons. The molecule has 0 aromatic carbocycles. The van der Waals surface area contributed by atoms with Crippen molar-refractivity contribution < 1.29 is 0 Å². The molecule has 0 radical (unpaired) electrons. The maximum absolute atomic E-state index is 4.41. The number of nitrogens with one attached hydrogen (secondary N) is 1. The maximum atomic E-state index is 4.41. The lowest BCUT2D eigenvalue weighted by molar-refractivity contribution is 0.584. The molecule has 1 fully saturated rings. The average Bonchev–Trinajstić information content (AvgIpc) is 2.84. The predicted molar refractivity (Wildman–Crippen MR) is 70.3 cm³/mol. The summed E-state index contributed by atoms with van der Waals surface area (Å²) >= 11 is 0. The molecule has 0 amide bonds. The molecule has 1 N–H and O–H groups in total. The van der Waals surface area contributed by atoms with Crippen molar-refractivity contribution in [2.45, 2.75) is 39.2 Å². The summed E-state index contributed by atoms with van der Waals surface area (Å²) in [5.74, 6) is 1.09. The Balaban J connectivity index is 2.08. The van der Waals surface area contributed by atoms with E-state index in [0.717, 1.165) is 37.6 Å². The molecule has 1 atom stereocenters. The molecule has 4 heteroatoms. The minimum absolute atomic E-state index is 0.592. The lowest BCUT2D eigenvalue weighted by atomic mass is 10.2. The van der Waals surface area contributed by atoms with Gasteiger partial charge in [0.15, 0.2) is 0 Å². The van der Waals surface area contributed by atoms with E-state index >= 15 is 0 Å². The molecule has 4 nitrogen and oxygen atoms in total. The quantitative estimate of drug-likeness (QED) is 0.840. The summed E-state index contributed by atoms with van der Waals surface area (Å²) in [6.45, 7) is 7.50. The van der Waals surface area contributed by atoms with E-state index in [1.54, 1.807) is 6.33 Å². The van der Waals surface area contributed by atoms with Crippen LogP contribution in [0, 0.1) is 0 Å². The first-order valence-corrected chi connectivity index (χ1v) is 6.63. The molecule has 17 heavy (non-hydrogen) atoms. The smallest absolute Gasteiger partial charge is 0.132 e. The van der Waals surface area contributed by atoms with Crippen LogP contribution in [-0.2, 0) is 6.42 Å². The predicted octanol–water partition coefficient (Wildman–Crippen LogP) is 1.62. The Bertz CT molecular complexity index is 353. The third-order valence-corrected chi connectivity index (χ3v) is 3.37. The van der Waals surface area contributed by atoms with E-state index in [-0.39, 0.29) is 0 Å². The molecule has 1 saturated heterocycles. The lowest BCUT2D eigenvalue weighted by Crippen LogP contribution is -2.38. The van der Waals surface area contributed by atoms with E-state index < -0.39 is 0 Å². The first kappa shape index (κ1) is 12.3. The normalized spacial score (nSPS) is 19.9. The van der Waals surface area contributed by atoms with Gasteiger partial charge in [-0.05, 0) is 25.8 Å². The first-order valence-electron chi connectivity index (χ1n) is 6.63. The van der Waals surface area contributed by atoms with Gasteiger partial charge in [0.05, 0.1) is 0 Å². The van der Waals surface area contributed by atoms with E-state index in [9.17, 15) is 0 Å². The van der Waals surface area contributed by atoms with Gasteiger partial charge in [-0.15, -0.1) is 0 Å². The summed E-state index contributed by atoms with van der Waals surface area (Å²) in [6, 6.07) is 2.72. The van der Waals surface area contributed by atoms with Crippen molar-refractivity contribution in [2.75, 3.05) is 24.5 Å². The molecule has 1 aromatic heterocycles. The summed E-state index contributed by atoms with van der Waals surface area (Å²) in [5, 5.41) is 3.43. The van der Waals surface area contributed by atoms with Crippen LogP contribution in [0.25, 0.3) is 0 Å². The molecular weight excluding hydrogens is 212 g/mol. The van der Waals surface area contributed by atoms with E-state index in [0.29, 0.717) is 6.04 Å². The van der Waals surface area contributed by atoms with Gasteiger partial charge >= 0.3 is 0 Å². The van der Waals surface area contributed by atoms with Crippen LogP contribution in [0.15, 0.2) is 12.4 Å². The number of likely N-dealkylation sites (N-methyl/N-ethyl adjacent to an activating group) is 1. The zero-order chi connectivity index (χ0) is 12.1. The van der Waals surface area contributed by atoms with Crippen LogP contribution in [-0.4, -0.2) is 35.6 Å². The minimum Gasteiger partial charge on any atom is -0.352 e. The summed E-state index contributed by atoms with van der Waals surface area (Å²) in [5.41, 5.74) is 1.13. The fourth-order valence-electron chi connectivity index (χ4n) is 2.40. The zero-order valence-electron chi connectivity index (χ0n) is 10.8. The monoisotopic (exact) mass is 234 g/mol. The van der Waals surface area contributed by atoms with E-state index in [1.807, 2.05) is 0 Å². The van der Waals surface area contributed by atoms with Crippen molar-refractivity contribution in [3.8, 4) is 0 Å². The van der Waals surface area contributed by atoms with Crippen LogP contribution in [0.5, 0.6) is 0 Å². The number of anilines is 1. The van der Waals surface area contributed by atoms with E-state index in [1.165, 1.54) is 12.8 Å². The molecule has 0 aliphatic carbocycles. The highest BCUT2D eigenvalue weighted by Crippen LogP contribution is 2.23. The van der Waals surface area contributed by atoms with Gasteiger partial charge in [-0.2, -0.15) is 0 Å². The molecule has 1 unspecified atom stereocenters. The highest BCUT2D eigenvalue weighted by atomic mass is 15.2. The average molecular weight is 234 g/mol. The number of aryl methyl sites for hydroxylation is 1. The number of rotatable bonds is 5. The second-order valence-electron chi connectivity index (χ2n) is 4.52. The second kappa shape index (κ2) is 5.96. The van der Waals surface area contributed by atoms with Crippen LogP contribution in [0.3, 0.4) is 0 Å². The molecule has 1 aliphatic rings. The van der Waals surface area contributed by atoms with E-state index in [4.69, 9.17) is 0 Å². The van der Waals surface area contributed by atoms with Gasteiger partial charge in [0.25, 0.3) is 0 Å². The molecule has 2 heterocycles. The molecule has 0 saturated carbocycles. The third-order valence-electron chi connectivity index (χ3n) is 3.37. The van der Waals surface area contributed by atoms with Crippen molar-refractivity contribution in [3.63, 3.8) is 0 Å². The van der Waals surface area contributed by atoms with Crippen molar-refractivity contribution in [3.05, 3.63) is 18.1 Å². The summed E-state index contributed by atoms with van der Waals surface area (Å²) in [6.07, 6.45) is 5.19. The third kappa shape index (κ3) is 2.94. The number of aromatic nitrogens is 2. The van der Waals surface area contributed by atoms with Crippen molar-refractivity contribution in [1.29, 1.82) is 0 Å². The Morgan fingerprint density at radius 2 is 2.29 bits per heavy atom. The van der Waals surface area contributed by atoms with Crippen LogP contribution in [0.2, 0.25) is 0 Å². The van der Waals surface area contributed by atoms with Crippen LogP contribution >= 0.6 is 0 Å². The number of hydrogen-bond acceptors (Lipinski definition) is 4. The van der Waals surface area contributed by atoms with Crippen LogP contribution < -0.4 is 10.2 Å². The molecule has 0 bridgehead atoms. The summed E-state index contributed by atoms with van der Waals surface area (Å²) in [4.78, 5) is 11.1. The molecular formula is C13H22N4. The number of nitrogens with zero attached hydrogens (tertiary/aromatic N) is 3. The van der Waals surface area contributed by atoms with Crippen molar-refractivity contribution >= 4 is 5.82 Å². The van der Waals surface area contributed by atoms with Gasteiger partial charge in [-0.3, -0.25) is 0 Å². The van der Waals surface area contributed by atoms with Gasteiger partial charge < -0.3 is 10.2 Å². The summed E-state index contributed by atoms with van der Waals surface area (Å²) in [7, 11) is 0. The summed E-state index contributed by atoms with van der Waals surface area (Å²) < 4.78 is 0. The zero-order valence-corrected chi connectivity index (χ0v) is 10.8. The fourth-order valence-corrected chi connectivity index (χ4v) is 2.40. The van der Waals surface area contributed by atoms with Crippen LogP contribution in [0.4, 0.5) is 5.82 Å². The molecule has 0 spiro atoms. The molecule has 2 rings (SSSR count). The molecule has 1 aromatic rings. The van der Waals surface area contributed by atoms with Gasteiger partial charge in [-0.1, -0.05) is 13.8 Å². The minimum atomic E-state index is 0.592. The second-order valence-corrected chi connectivity index (χ2v) is 4.52. The number of hydrogen-bond donors (Lipinski definition) is 1. The SMILES string of the molecule is CCNCC1CCCN1c1cc(CC)ncn1. The Hall–Kier alpha value is -1.16. The Morgan fingerprint density at radius 3 is 3.06 bits per heavy atom. The van der Waals surface area contributed by atoms with Crippen molar-refractivity contribution in [1.82, 2.24) is 15.3 Å². The van der Waals surface area contributed by atoms with Gasteiger partial charge in [0.2, 0.25) is 0 Å². The highest BCUT2D eigenvalue weighted by Gasteiger charge is 2.25. The largest absolute Gasteiger partial charge is 0.352 e. The standard InChI is InChI=1S/C13H22N4/c1-3-11-8-13(16-10-15-11)17-7-5-6-12(17)9-14-4-2/h8,10,12,14H,3-7,9H2,1-2H3. The Morgan fingerprint density at radius 1 is 1.41 bits per heavy atom. The fraction of sp³-hybridized carbons (Fsp3) is 0.692. The van der Waals surface area contributed by atoms with Gasteiger partial charge in [0.1, 0.15) is 12.1 Å². The van der Waals surface area contributed by atoms with E-state index in [2.05, 4.69) is 40.1 Å². The van der Waals surface area contributed by atoms with Gasteiger partial charge in [-0.25, -0.2) is 9.97 Å². The lowest BCUT2D eigenvalue weighted by Gasteiger charge is -2.26.